The van der Waals surface area contributed by atoms with E-state index in [1.165, 1.54) is 12.8 Å². The van der Waals surface area contributed by atoms with Gasteiger partial charge in [-0.1, -0.05) is 32.9 Å². The van der Waals surface area contributed by atoms with Crippen LogP contribution in [-0.2, 0) is 0 Å². The normalized spacial score (nSPS) is 26.9. The minimum atomic E-state index is 0.463. The molecule has 0 aromatic carbocycles. The minimum absolute atomic E-state index is 0.463. The first-order valence-electron chi connectivity index (χ1n) is 4.11. The maximum absolute atomic E-state index is 2.34. The molecular weight excluding hydrogens is 120 g/mol. The van der Waals surface area contributed by atoms with Gasteiger partial charge in [-0.25, -0.2) is 0 Å². The van der Waals surface area contributed by atoms with Crippen LogP contribution in [0.1, 0.15) is 33.6 Å². The third-order valence-electron chi connectivity index (χ3n) is 2.24. The highest BCUT2D eigenvalue weighted by Gasteiger charge is 2.22. The lowest BCUT2D eigenvalue weighted by Gasteiger charge is -2.29. The quantitative estimate of drug-likeness (QED) is 0.481. The second-order valence-corrected chi connectivity index (χ2v) is 4.17. The molecule has 0 aliphatic heterocycles. The first kappa shape index (κ1) is 7.84. The van der Waals surface area contributed by atoms with Gasteiger partial charge in [-0.15, -0.1) is 0 Å². The SMILES string of the molecule is CC(C)(C)[C@@H]1C=C[CH]CC1. The monoisotopic (exact) mass is 137 g/mol. The van der Waals surface area contributed by atoms with Crippen molar-refractivity contribution in [3.8, 4) is 0 Å². The Kier molecular flexibility index (Phi) is 2.18. The zero-order valence-corrected chi connectivity index (χ0v) is 7.22. The van der Waals surface area contributed by atoms with Crippen LogP contribution >= 0.6 is 0 Å². The Morgan fingerprint density at radius 2 is 2.00 bits per heavy atom. The van der Waals surface area contributed by atoms with E-state index in [-0.39, 0.29) is 0 Å². The highest BCUT2D eigenvalue weighted by molar-refractivity contribution is 5.05. The van der Waals surface area contributed by atoms with Gasteiger partial charge in [0, 0.05) is 0 Å². The van der Waals surface area contributed by atoms with Gasteiger partial charge in [0.15, 0.2) is 0 Å². The molecule has 0 aromatic rings. The molecular formula is C10H17. The summed E-state index contributed by atoms with van der Waals surface area (Å²) in [7, 11) is 0. The average Bonchev–Trinajstić information content (AvgIpc) is 1.88. The summed E-state index contributed by atoms with van der Waals surface area (Å²) >= 11 is 0. The first-order chi connectivity index (χ1) is 4.61. The fourth-order valence-corrected chi connectivity index (χ4v) is 1.40. The van der Waals surface area contributed by atoms with Gasteiger partial charge < -0.3 is 0 Å². The molecule has 10 heavy (non-hydrogen) atoms. The standard InChI is InChI=1S/C10H17/c1-10(2,3)9-7-5-4-6-8-9/h4-5,7,9H,6,8H2,1-3H3/t9-/m1/s1. The lowest BCUT2D eigenvalue weighted by Crippen LogP contribution is -2.19. The van der Waals surface area contributed by atoms with Crippen molar-refractivity contribution in [2.75, 3.05) is 0 Å². The minimum Gasteiger partial charge on any atom is -0.0846 e. The van der Waals surface area contributed by atoms with Crippen molar-refractivity contribution < 1.29 is 0 Å². The Balaban J connectivity index is 2.55. The molecule has 0 heteroatoms. The number of rotatable bonds is 0. The second-order valence-electron chi connectivity index (χ2n) is 4.17. The third-order valence-corrected chi connectivity index (χ3v) is 2.24. The Bertz CT molecular complexity index is 125. The molecule has 1 atom stereocenters. The molecule has 0 unspecified atom stereocenters. The van der Waals surface area contributed by atoms with Crippen LogP contribution in [0.4, 0.5) is 0 Å². The topological polar surface area (TPSA) is 0 Å². The van der Waals surface area contributed by atoms with E-state index in [0.29, 0.717) is 5.41 Å². The van der Waals surface area contributed by atoms with Crippen molar-refractivity contribution in [1.29, 1.82) is 0 Å². The molecule has 0 N–H and O–H groups in total. The first-order valence-corrected chi connectivity index (χ1v) is 4.11. The van der Waals surface area contributed by atoms with E-state index in [4.69, 9.17) is 0 Å². The summed E-state index contributed by atoms with van der Waals surface area (Å²) in [6.07, 6.45) is 9.39. The van der Waals surface area contributed by atoms with Crippen LogP contribution in [0.5, 0.6) is 0 Å². The van der Waals surface area contributed by atoms with Gasteiger partial charge in [0.2, 0.25) is 0 Å². The summed E-state index contributed by atoms with van der Waals surface area (Å²) in [6.45, 7) is 6.94. The van der Waals surface area contributed by atoms with Gasteiger partial charge in [-0.3, -0.25) is 0 Å². The van der Waals surface area contributed by atoms with Gasteiger partial charge in [-0.05, 0) is 30.6 Å². The molecule has 1 aliphatic rings. The average molecular weight is 137 g/mol. The Morgan fingerprint density at radius 1 is 1.30 bits per heavy atom. The fourth-order valence-electron chi connectivity index (χ4n) is 1.40. The maximum Gasteiger partial charge on any atom is -0.0170 e. The highest BCUT2D eigenvalue weighted by atomic mass is 14.3. The molecule has 0 fully saturated rings. The highest BCUT2D eigenvalue weighted by Crippen LogP contribution is 2.33. The second kappa shape index (κ2) is 2.77. The number of allylic oxidation sites excluding steroid dienone is 2. The third kappa shape index (κ3) is 1.86. The molecule has 57 valence electrons. The fraction of sp³-hybridized carbons (Fsp3) is 0.700. The summed E-state index contributed by atoms with van der Waals surface area (Å²) in [4.78, 5) is 0. The summed E-state index contributed by atoms with van der Waals surface area (Å²) < 4.78 is 0. The van der Waals surface area contributed by atoms with E-state index < -0.39 is 0 Å². The van der Waals surface area contributed by atoms with Crippen LogP contribution in [0.15, 0.2) is 12.2 Å². The van der Waals surface area contributed by atoms with Crippen LogP contribution in [0, 0.1) is 17.8 Å². The van der Waals surface area contributed by atoms with Crippen molar-refractivity contribution >= 4 is 0 Å². The van der Waals surface area contributed by atoms with Crippen LogP contribution in [-0.4, -0.2) is 0 Å². The number of hydrogen-bond donors (Lipinski definition) is 0. The van der Waals surface area contributed by atoms with Gasteiger partial charge in [-0.2, -0.15) is 0 Å². The molecule has 0 saturated heterocycles. The Hall–Kier alpha value is -0.260. The summed E-state index contributed by atoms with van der Waals surface area (Å²) in [5, 5.41) is 0. The van der Waals surface area contributed by atoms with Crippen LogP contribution < -0.4 is 0 Å². The largest absolute Gasteiger partial charge is 0.0846 e. The molecule has 0 amide bonds. The van der Waals surface area contributed by atoms with Crippen LogP contribution in [0.25, 0.3) is 0 Å². The lowest BCUT2D eigenvalue weighted by atomic mass is 9.76. The van der Waals surface area contributed by atoms with E-state index in [9.17, 15) is 0 Å². The van der Waals surface area contributed by atoms with E-state index in [0.717, 1.165) is 5.92 Å². The Labute approximate surface area is 64.3 Å². The molecule has 0 saturated carbocycles. The van der Waals surface area contributed by atoms with E-state index in [1.807, 2.05) is 0 Å². The summed E-state index contributed by atoms with van der Waals surface area (Å²) in [5.41, 5.74) is 0.463. The summed E-state index contributed by atoms with van der Waals surface area (Å²) in [5.74, 6) is 0.789. The van der Waals surface area contributed by atoms with Crippen molar-refractivity contribution in [2.24, 2.45) is 11.3 Å². The lowest BCUT2D eigenvalue weighted by molar-refractivity contribution is 0.274. The molecule has 0 spiro atoms. The van der Waals surface area contributed by atoms with Crippen molar-refractivity contribution in [1.82, 2.24) is 0 Å². The van der Waals surface area contributed by atoms with Crippen molar-refractivity contribution in [2.45, 2.75) is 33.6 Å². The molecule has 0 bridgehead atoms. The van der Waals surface area contributed by atoms with E-state index in [2.05, 4.69) is 39.3 Å². The predicted octanol–water partition coefficient (Wildman–Crippen LogP) is 3.20. The maximum atomic E-state index is 2.34. The zero-order valence-electron chi connectivity index (χ0n) is 7.22. The molecule has 1 rings (SSSR count). The predicted molar refractivity (Wildman–Crippen MR) is 45.6 cm³/mol. The zero-order chi connectivity index (χ0) is 7.61. The molecule has 0 aromatic heterocycles. The van der Waals surface area contributed by atoms with Crippen molar-refractivity contribution in [3.05, 3.63) is 18.6 Å². The molecule has 1 radical (unpaired) electrons. The van der Waals surface area contributed by atoms with Gasteiger partial charge in [0.25, 0.3) is 0 Å². The van der Waals surface area contributed by atoms with Gasteiger partial charge >= 0.3 is 0 Å². The summed E-state index contributed by atoms with van der Waals surface area (Å²) in [6, 6.07) is 0. The smallest absolute Gasteiger partial charge is 0.0170 e. The van der Waals surface area contributed by atoms with Crippen LogP contribution in [0.3, 0.4) is 0 Å². The van der Waals surface area contributed by atoms with E-state index in [1.54, 1.807) is 0 Å². The molecule has 0 heterocycles. The van der Waals surface area contributed by atoms with Crippen LogP contribution in [0.2, 0.25) is 0 Å². The van der Waals surface area contributed by atoms with Crippen molar-refractivity contribution in [3.63, 3.8) is 0 Å². The number of hydrogen-bond acceptors (Lipinski definition) is 0. The van der Waals surface area contributed by atoms with E-state index >= 15 is 0 Å². The Morgan fingerprint density at radius 3 is 2.30 bits per heavy atom. The van der Waals surface area contributed by atoms with Gasteiger partial charge in [0.05, 0.1) is 0 Å². The molecule has 1 aliphatic carbocycles. The van der Waals surface area contributed by atoms with Gasteiger partial charge in [0.1, 0.15) is 0 Å². The molecule has 0 nitrogen and oxygen atoms in total.